The van der Waals surface area contributed by atoms with Gasteiger partial charge in [0.05, 0.1) is 12.7 Å². The fourth-order valence-electron chi connectivity index (χ4n) is 4.63. The Morgan fingerprint density at radius 1 is 1.22 bits per heavy atom. The van der Waals surface area contributed by atoms with Crippen LogP contribution in [0, 0.1) is 16.6 Å². The number of nitrogens with one attached hydrogen (secondary N) is 4. The van der Waals surface area contributed by atoms with Gasteiger partial charge in [-0.2, -0.15) is 0 Å². The lowest BCUT2D eigenvalue weighted by Crippen LogP contribution is -2.37. The summed E-state index contributed by atoms with van der Waals surface area (Å²) in [6.07, 6.45) is 3.19. The number of hydrogen-bond acceptors (Lipinski definition) is 10. The van der Waals surface area contributed by atoms with Crippen LogP contribution in [0.15, 0.2) is 53.6 Å². The van der Waals surface area contributed by atoms with Gasteiger partial charge in [-0.1, -0.05) is 26.0 Å². The highest BCUT2D eigenvalue weighted by Crippen LogP contribution is 2.39. The molecule has 0 fully saturated rings. The van der Waals surface area contributed by atoms with Crippen LogP contribution < -0.4 is 21.9 Å². The standard InChI is InChI=1S/C27H25FN8O3S2/c1-27(2)9-18(23(37)33-11-14-7-13-10-32-20(29)8-19(13)40-14)36-25(39)17(12-34-26(27)36)35-24(38)22(31)41-21(30)15-5-3-4-6-16(15)28/h3-8,10,12,18,30-31H,9,11H2,1-2H3,(H2,29,32)(H,33,37)(H,35,38). The SMILES string of the molecule is CC1(C)CC(C(=O)NCc2cc3cnc(N)cc3s2)n2c1ncc(NC(=O)C(=N)SC(=N)c1ccccc1F)c2=O. The van der Waals surface area contributed by atoms with Gasteiger partial charge >= 0.3 is 0 Å². The number of benzene rings is 1. The summed E-state index contributed by atoms with van der Waals surface area (Å²) in [5, 5.41) is 21.3. The second-order valence-corrected chi connectivity index (χ2v) is 12.2. The summed E-state index contributed by atoms with van der Waals surface area (Å²) >= 11 is 1.93. The van der Waals surface area contributed by atoms with Crippen LogP contribution in [0.1, 0.15) is 42.6 Å². The van der Waals surface area contributed by atoms with Gasteiger partial charge in [0.15, 0.2) is 5.04 Å². The fraction of sp³-hybridized carbons (Fsp3) is 0.222. The molecule has 0 saturated heterocycles. The third kappa shape index (κ3) is 5.60. The predicted molar refractivity (Wildman–Crippen MR) is 158 cm³/mol. The zero-order valence-corrected chi connectivity index (χ0v) is 23.6. The zero-order chi connectivity index (χ0) is 29.5. The number of thiophene rings is 1. The first-order chi connectivity index (χ1) is 19.4. The second kappa shape index (κ2) is 10.9. The third-order valence-corrected chi connectivity index (χ3v) is 8.52. The summed E-state index contributed by atoms with van der Waals surface area (Å²) < 4.78 is 16.2. The number of aromatic nitrogens is 3. The third-order valence-electron chi connectivity index (χ3n) is 6.60. The second-order valence-electron chi connectivity index (χ2n) is 10.0. The van der Waals surface area contributed by atoms with Crippen molar-refractivity contribution in [2.45, 2.75) is 38.3 Å². The minimum Gasteiger partial charge on any atom is -0.384 e. The average Bonchev–Trinajstić information content (AvgIpc) is 3.46. The molecule has 1 aromatic carbocycles. The number of fused-ring (bicyclic) bond motifs is 2. The number of carbonyl (C=O) groups is 2. The molecule has 6 N–H and O–H groups in total. The molecule has 4 heterocycles. The van der Waals surface area contributed by atoms with Crippen LogP contribution in [0.4, 0.5) is 15.9 Å². The molecule has 3 aromatic heterocycles. The van der Waals surface area contributed by atoms with Gasteiger partial charge in [-0.15, -0.1) is 11.3 Å². The Balaban J connectivity index is 1.31. The van der Waals surface area contributed by atoms with E-state index in [0.717, 1.165) is 15.0 Å². The van der Waals surface area contributed by atoms with E-state index < -0.39 is 33.8 Å². The van der Waals surface area contributed by atoms with E-state index in [1.54, 1.807) is 18.3 Å². The number of nitrogens with zero attached hydrogens (tertiary/aromatic N) is 3. The summed E-state index contributed by atoms with van der Waals surface area (Å²) in [6.45, 7) is 3.99. The van der Waals surface area contributed by atoms with Gasteiger partial charge in [-0.25, -0.2) is 14.4 Å². The van der Waals surface area contributed by atoms with Gasteiger partial charge in [0.25, 0.3) is 11.5 Å². The maximum absolute atomic E-state index is 14.0. The van der Waals surface area contributed by atoms with Gasteiger partial charge in [-0.3, -0.25) is 29.8 Å². The minimum atomic E-state index is -0.964. The molecule has 14 heteroatoms. The largest absolute Gasteiger partial charge is 0.384 e. The quantitative estimate of drug-likeness (QED) is 0.173. The van der Waals surface area contributed by atoms with E-state index in [1.807, 2.05) is 19.9 Å². The first kappa shape index (κ1) is 28.1. The van der Waals surface area contributed by atoms with Gasteiger partial charge < -0.3 is 16.4 Å². The number of thioether (sulfide) groups is 1. The fourth-order valence-corrected chi connectivity index (χ4v) is 6.28. The Bertz CT molecular complexity index is 1800. The molecule has 0 spiro atoms. The number of pyridine rings is 1. The minimum absolute atomic E-state index is 0.0538. The molecule has 0 aliphatic carbocycles. The maximum atomic E-state index is 14.0. The van der Waals surface area contributed by atoms with E-state index in [1.165, 1.54) is 40.3 Å². The highest BCUT2D eigenvalue weighted by molar-refractivity contribution is 8.28. The Labute approximate surface area is 241 Å². The summed E-state index contributed by atoms with van der Waals surface area (Å²) in [7, 11) is 0. The van der Waals surface area contributed by atoms with E-state index in [0.29, 0.717) is 29.8 Å². The summed E-state index contributed by atoms with van der Waals surface area (Å²) in [5.41, 5.74) is 4.25. The zero-order valence-electron chi connectivity index (χ0n) is 21.9. The Kier molecular flexibility index (Phi) is 7.44. The number of halogens is 1. The highest BCUT2D eigenvalue weighted by atomic mass is 32.2. The molecule has 41 heavy (non-hydrogen) atoms. The lowest BCUT2D eigenvalue weighted by Gasteiger charge is -2.16. The number of rotatable bonds is 5. The summed E-state index contributed by atoms with van der Waals surface area (Å²) in [6, 6.07) is 8.37. The number of anilines is 2. The van der Waals surface area contributed by atoms with Crippen molar-refractivity contribution in [2.75, 3.05) is 11.1 Å². The molecule has 11 nitrogen and oxygen atoms in total. The average molecular weight is 593 g/mol. The van der Waals surface area contributed by atoms with Crippen LogP contribution in [0.2, 0.25) is 0 Å². The Morgan fingerprint density at radius 3 is 2.73 bits per heavy atom. The molecule has 1 aliphatic rings. The van der Waals surface area contributed by atoms with Crippen LogP contribution in [0.3, 0.4) is 0 Å². The van der Waals surface area contributed by atoms with Gasteiger partial charge in [0, 0.05) is 32.1 Å². The highest BCUT2D eigenvalue weighted by Gasteiger charge is 2.43. The molecule has 1 aliphatic heterocycles. The monoisotopic (exact) mass is 592 g/mol. The topological polar surface area (TPSA) is 180 Å². The van der Waals surface area contributed by atoms with E-state index in [9.17, 15) is 18.8 Å². The van der Waals surface area contributed by atoms with Crippen LogP contribution in [-0.4, -0.2) is 36.4 Å². The maximum Gasteiger partial charge on any atom is 0.280 e. The van der Waals surface area contributed by atoms with E-state index in [-0.39, 0.29) is 28.7 Å². The smallest absolute Gasteiger partial charge is 0.280 e. The van der Waals surface area contributed by atoms with Crippen molar-refractivity contribution in [2.24, 2.45) is 0 Å². The van der Waals surface area contributed by atoms with Crippen LogP contribution in [0.5, 0.6) is 0 Å². The predicted octanol–water partition coefficient (Wildman–Crippen LogP) is 3.79. The first-order valence-electron chi connectivity index (χ1n) is 12.4. The number of hydrogen-bond donors (Lipinski definition) is 5. The molecule has 1 unspecified atom stereocenters. The Morgan fingerprint density at radius 2 is 1.98 bits per heavy atom. The molecule has 4 aromatic rings. The molecule has 210 valence electrons. The molecule has 1 atom stereocenters. The molecular weight excluding hydrogens is 567 g/mol. The van der Waals surface area contributed by atoms with Crippen molar-refractivity contribution >= 4 is 66.6 Å². The number of nitrogen functional groups attached to an aromatic ring is 1. The van der Waals surface area contributed by atoms with Crippen molar-refractivity contribution in [3.8, 4) is 0 Å². The van der Waals surface area contributed by atoms with Crippen LogP contribution >= 0.6 is 23.1 Å². The molecule has 0 radical (unpaired) electrons. The number of nitrogens with two attached hydrogens (primary N) is 1. The number of amides is 2. The van der Waals surface area contributed by atoms with E-state index >= 15 is 0 Å². The van der Waals surface area contributed by atoms with Gasteiger partial charge in [0.1, 0.15) is 34.2 Å². The van der Waals surface area contributed by atoms with E-state index in [2.05, 4.69) is 20.6 Å². The summed E-state index contributed by atoms with van der Waals surface area (Å²) in [4.78, 5) is 48.8. The normalized spacial score (nSPS) is 15.3. The molecule has 5 rings (SSSR count). The summed E-state index contributed by atoms with van der Waals surface area (Å²) in [5.74, 6) is -1.18. The van der Waals surface area contributed by atoms with Crippen molar-refractivity contribution < 1.29 is 14.0 Å². The Hall–Kier alpha value is -4.43. The molecule has 2 amide bonds. The van der Waals surface area contributed by atoms with Crippen molar-refractivity contribution in [1.82, 2.24) is 19.9 Å². The van der Waals surface area contributed by atoms with Crippen molar-refractivity contribution in [1.29, 1.82) is 10.8 Å². The van der Waals surface area contributed by atoms with Crippen molar-refractivity contribution in [3.63, 3.8) is 0 Å². The van der Waals surface area contributed by atoms with Crippen molar-refractivity contribution in [3.05, 3.63) is 81.2 Å². The lowest BCUT2D eigenvalue weighted by atomic mass is 9.89. The van der Waals surface area contributed by atoms with E-state index in [4.69, 9.17) is 16.6 Å². The number of carbonyl (C=O) groups excluding carboxylic acids is 2. The van der Waals surface area contributed by atoms with Gasteiger partial charge in [-0.05, 0) is 42.4 Å². The molecular formula is C27H25FN8O3S2. The molecule has 0 bridgehead atoms. The molecule has 0 saturated carbocycles. The first-order valence-corrected chi connectivity index (χ1v) is 14.0. The lowest BCUT2D eigenvalue weighted by molar-refractivity contribution is -0.124. The van der Waals surface area contributed by atoms with Gasteiger partial charge in [0.2, 0.25) is 5.91 Å². The van der Waals surface area contributed by atoms with Crippen LogP contribution in [-0.2, 0) is 21.5 Å². The van der Waals surface area contributed by atoms with Crippen LogP contribution in [0.25, 0.3) is 10.1 Å².